The number of anilines is 2. The van der Waals surface area contributed by atoms with Crippen LogP contribution in [0.1, 0.15) is 52.9 Å². The molecule has 4 nitrogen and oxygen atoms in total. The Labute approximate surface area is 127 Å². The molecule has 2 unspecified atom stereocenters. The number of unbranched alkanes of at least 4 members (excludes halogenated alkanes) is 3. The Hall–Kier alpha value is -1.71. The summed E-state index contributed by atoms with van der Waals surface area (Å²) < 4.78 is 5.56. The maximum Gasteiger partial charge on any atom is 0.265 e. The lowest BCUT2D eigenvalue weighted by atomic mass is 10.1. The number of nitrogens with one attached hydrogen (secondary N) is 2. The number of fused-ring (bicyclic) bond motifs is 1. The molecule has 0 aromatic heterocycles. The van der Waals surface area contributed by atoms with Crippen molar-refractivity contribution in [1.29, 1.82) is 0 Å². The highest BCUT2D eigenvalue weighted by atomic mass is 16.5. The van der Waals surface area contributed by atoms with Crippen molar-refractivity contribution in [3.8, 4) is 5.75 Å². The van der Waals surface area contributed by atoms with Crippen LogP contribution in [0, 0.1) is 0 Å². The van der Waals surface area contributed by atoms with Crippen molar-refractivity contribution in [2.45, 2.75) is 65.0 Å². The van der Waals surface area contributed by atoms with Crippen LogP contribution in [0.2, 0.25) is 0 Å². The van der Waals surface area contributed by atoms with Gasteiger partial charge in [0.25, 0.3) is 5.91 Å². The van der Waals surface area contributed by atoms with Gasteiger partial charge in [0.05, 0.1) is 5.69 Å². The Morgan fingerprint density at radius 2 is 2.14 bits per heavy atom. The second-order valence-corrected chi connectivity index (χ2v) is 5.85. The summed E-state index contributed by atoms with van der Waals surface area (Å²) in [6.07, 6.45) is 5.88. The molecule has 1 aliphatic heterocycles. The summed E-state index contributed by atoms with van der Waals surface area (Å²) in [4.78, 5) is 11.6. The van der Waals surface area contributed by atoms with Gasteiger partial charge in [-0.1, -0.05) is 32.6 Å². The monoisotopic (exact) mass is 290 g/mol. The van der Waals surface area contributed by atoms with Crippen LogP contribution >= 0.6 is 0 Å². The summed E-state index contributed by atoms with van der Waals surface area (Å²) in [7, 11) is 0. The fraction of sp³-hybridized carbons (Fsp3) is 0.588. The topological polar surface area (TPSA) is 50.4 Å². The number of carbonyl (C=O) groups excluding carboxylic acids is 1. The molecule has 2 rings (SSSR count). The molecule has 1 aromatic carbocycles. The number of amides is 1. The number of ether oxygens (including phenoxy) is 1. The van der Waals surface area contributed by atoms with Crippen LogP contribution in [0.3, 0.4) is 0 Å². The lowest BCUT2D eigenvalue weighted by molar-refractivity contribution is -0.122. The molecule has 0 saturated heterocycles. The molecule has 0 saturated carbocycles. The first-order chi connectivity index (χ1) is 10.1. The maximum absolute atomic E-state index is 11.6. The molecule has 1 heterocycles. The van der Waals surface area contributed by atoms with Crippen molar-refractivity contribution in [2.24, 2.45) is 0 Å². The smallest absolute Gasteiger partial charge is 0.265 e. The van der Waals surface area contributed by atoms with Crippen LogP contribution in [0.15, 0.2) is 18.2 Å². The van der Waals surface area contributed by atoms with E-state index in [1.54, 1.807) is 6.92 Å². The number of benzene rings is 1. The normalized spacial score (nSPS) is 18.4. The molecule has 0 fully saturated rings. The molecule has 0 aliphatic carbocycles. The average molecular weight is 290 g/mol. The Balaban J connectivity index is 1.90. The molecule has 2 atom stereocenters. The van der Waals surface area contributed by atoms with Crippen molar-refractivity contribution in [2.75, 3.05) is 10.6 Å². The van der Waals surface area contributed by atoms with E-state index in [2.05, 4.69) is 24.5 Å². The largest absolute Gasteiger partial charge is 0.479 e. The minimum Gasteiger partial charge on any atom is -0.479 e. The Bertz CT molecular complexity index is 488. The van der Waals surface area contributed by atoms with Gasteiger partial charge in [0.1, 0.15) is 5.75 Å². The van der Waals surface area contributed by atoms with Gasteiger partial charge in [-0.3, -0.25) is 4.79 Å². The van der Waals surface area contributed by atoms with E-state index >= 15 is 0 Å². The van der Waals surface area contributed by atoms with E-state index in [1.807, 2.05) is 18.2 Å². The van der Waals surface area contributed by atoms with Crippen molar-refractivity contribution >= 4 is 17.3 Å². The molecule has 0 radical (unpaired) electrons. The fourth-order valence-corrected chi connectivity index (χ4v) is 2.53. The van der Waals surface area contributed by atoms with Crippen molar-refractivity contribution < 1.29 is 9.53 Å². The summed E-state index contributed by atoms with van der Waals surface area (Å²) in [6.45, 7) is 6.18. The van der Waals surface area contributed by atoms with E-state index in [4.69, 9.17) is 4.74 Å². The minimum absolute atomic E-state index is 0.0905. The quantitative estimate of drug-likeness (QED) is 0.741. The molecule has 1 aromatic rings. The lowest BCUT2D eigenvalue weighted by Crippen LogP contribution is -2.34. The SMILES string of the molecule is CCCCCCC(C)Nc1ccc2c(c1)NC(=O)C(C)O2. The summed E-state index contributed by atoms with van der Waals surface area (Å²) in [5.41, 5.74) is 1.77. The lowest BCUT2D eigenvalue weighted by Gasteiger charge is -2.24. The van der Waals surface area contributed by atoms with E-state index in [0.29, 0.717) is 6.04 Å². The van der Waals surface area contributed by atoms with Crippen molar-refractivity contribution in [3.05, 3.63) is 18.2 Å². The van der Waals surface area contributed by atoms with Gasteiger partial charge in [0.15, 0.2) is 6.10 Å². The third kappa shape index (κ3) is 4.38. The number of hydrogen-bond donors (Lipinski definition) is 2. The van der Waals surface area contributed by atoms with Gasteiger partial charge in [-0.15, -0.1) is 0 Å². The van der Waals surface area contributed by atoms with E-state index in [0.717, 1.165) is 23.5 Å². The standard InChI is InChI=1S/C17H26N2O2/c1-4-5-6-7-8-12(2)18-14-9-10-16-15(11-14)19-17(20)13(3)21-16/h9-13,18H,4-8H2,1-3H3,(H,19,20). The second-order valence-electron chi connectivity index (χ2n) is 5.85. The first-order valence-electron chi connectivity index (χ1n) is 7.98. The van der Waals surface area contributed by atoms with Gasteiger partial charge >= 0.3 is 0 Å². The van der Waals surface area contributed by atoms with Crippen LogP contribution < -0.4 is 15.4 Å². The molecule has 1 aliphatic rings. The second kappa shape index (κ2) is 7.34. The van der Waals surface area contributed by atoms with Crippen LogP contribution in [0.25, 0.3) is 0 Å². The number of rotatable bonds is 7. The predicted molar refractivity (Wildman–Crippen MR) is 87.0 cm³/mol. The highest BCUT2D eigenvalue weighted by molar-refractivity contribution is 5.98. The van der Waals surface area contributed by atoms with Gasteiger partial charge in [-0.25, -0.2) is 0 Å². The molecule has 2 N–H and O–H groups in total. The maximum atomic E-state index is 11.6. The van der Waals surface area contributed by atoms with Gasteiger partial charge in [0.2, 0.25) is 0 Å². The number of hydrogen-bond acceptors (Lipinski definition) is 3. The predicted octanol–water partition coefficient (Wildman–Crippen LogP) is 4.18. The van der Waals surface area contributed by atoms with Crippen molar-refractivity contribution in [3.63, 3.8) is 0 Å². The Morgan fingerprint density at radius 1 is 1.33 bits per heavy atom. The van der Waals surface area contributed by atoms with E-state index in [9.17, 15) is 4.79 Å². The third-order valence-electron chi connectivity index (χ3n) is 3.81. The Kier molecular flexibility index (Phi) is 5.48. The first kappa shape index (κ1) is 15.7. The fourth-order valence-electron chi connectivity index (χ4n) is 2.53. The summed E-state index contributed by atoms with van der Waals surface area (Å²) in [6, 6.07) is 6.30. The molecule has 116 valence electrons. The van der Waals surface area contributed by atoms with Gasteiger partial charge < -0.3 is 15.4 Å². The molecule has 1 amide bonds. The average Bonchev–Trinajstić information content (AvgIpc) is 2.45. The highest BCUT2D eigenvalue weighted by Crippen LogP contribution is 2.32. The molecule has 0 bridgehead atoms. The zero-order valence-corrected chi connectivity index (χ0v) is 13.2. The Morgan fingerprint density at radius 3 is 2.90 bits per heavy atom. The highest BCUT2D eigenvalue weighted by Gasteiger charge is 2.23. The van der Waals surface area contributed by atoms with Crippen LogP contribution in [-0.2, 0) is 4.79 Å². The molecular formula is C17H26N2O2. The zero-order chi connectivity index (χ0) is 15.2. The van der Waals surface area contributed by atoms with Gasteiger partial charge in [0, 0.05) is 11.7 Å². The van der Waals surface area contributed by atoms with Crippen molar-refractivity contribution in [1.82, 2.24) is 0 Å². The minimum atomic E-state index is -0.422. The molecule has 0 spiro atoms. The first-order valence-corrected chi connectivity index (χ1v) is 7.98. The van der Waals surface area contributed by atoms with Crippen LogP contribution in [0.5, 0.6) is 5.75 Å². The van der Waals surface area contributed by atoms with E-state index in [1.165, 1.54) is 25.7 Å². The van der Waals surface area contributed by atoms with Gasteiger partial charge in [-0.2, -0.15) is 0 Å². The number of carbonyl (C=O) groups is 1. The summed E-state index contributed by atoms with van der Waals surface area (Å²) in [5, 5.41) is 6.37. The third-order valence-corrected chi connectivity index (χ3v) is 3.81. The van der Waals surface area contributed by atoms with E-state index < -0.39 is 6.10 Å². The van der Waals surface area contributed by atoms with E-state index in [-0.39, 0.29) is 5.91 Å². The summed E-state index contributed by atoms with van der Waals surface area (Å²) >= 11 is 0. The molecule has 4 heteroatoms. The molecular weight excluding hydrogens is 264 g/mol. The van der Waals surface area contributed by atoms with Crippen LogP contribution in [0.4, 0.5) is 11.4 Å². The van der Waals surface area contributed by atoms with Crippen LogP contribution in [-0.4, -0.2) is 18.1 Å². The molecule has 21 heavy (non-hydrogen) atoms. The summed E-state index contributed by atoms with van der Waals surface area (Å²) in [5.74, 6) is 0.649. The van der Waals surface area contributed by atoms with Gasteiger partial charge in [-0.05, 0) is 38.5 Å². The zero-order valence-electron chi connectivity index (χ0n) is 13.2.